The highest BCUT2D eigenvalue weighted by Crippen LogP contribution is 2.27. The number of rotatable bonds is 1. The molecule has 0 aliphatic rings. The molecular weight excluding hydrogens is 303 g/mol. The molecule has 0 spiro atoms. The molecule has 0 atom stereocenters. The van der Waals surface area contributed by atoms with E-state index >= 15 is 0 Å². The van der Waals surface area contributed by atoms with E-state index in [1.54, 1.807) is 18.2 Å². The van der Waals surface area contributed by atoms with E-state index < -0.39 is 6.55 Å². The summed E-state index contributed by atoms with van der Waals surface area (Å²) in [5.41, 5.74) is 6.28. The Hall–Kier alpha value is -0.920. The molecule has 0 radical (unpaired) electrons. The van der Waals surface area contributed by atoms with Crippen LogP contribution in [0, 0.1) is 3.57 Å². The number of nitrogens with two attached hydrogens (primary N) is 1. The number of alkyl halides is 2. The van der Waals surface area contributed by atoms with Crippen LogP contribution in [0.1, 0.15) is 6.55 Å². The summed E-state index contributed by atoms with van der Waals surface area (Å²) in [4.78, 5) is 3.89. The summed E-state index contributed by atoms with van der Waals surface area (Å²) in [5.74, 6) is -0.154. The summed E-state index contributed by atoms with van der Waals surface area (Å²) in [7, 11) is 0. The maximum Gasteiger partial charge on any atom is 0.321 e. The standard InChI is InChI=1S/C8H6F2IN3/c9-7(10)14-5-3-1-2-4(11)6(5)13-8(14)12/h1-3,7H,(H2,12,13). The molecule has 0 saturated carbocycles. The van der Waals surface area contributed by atoms with Crippen LogP contribution in [0.3, 0.4) is 0 Å². The number of benzene rings is 1. The molecule has 1 aromatic heterocycles. The van der Waals surface area contributed by atoms with Crippen LogP contribution in [0.25, 0.3) is 11.0 Å². The van der Waals surface area contributed by atoms with Crippen molar-refractivity contribution in [3.63, 3.8) is 0 Å². The third kappa shape index (κ3) is 1.33. The lowest BCUT2D eigenvalue weighted by atomic mass is 10.3. The molecule has 0 saturated heterocycles. The fourth-order valence-electron chi connectivity index (χ4n) is 1.31. The molecule has 1 heterocycles. The van der Waals surface area contributed by atoms with Gasteiger partial charge in [-0.05, 0) is 34.7 Å². The topological polar surface area (TPSA) is 43.8 Å². The van der Waals surface area contributed by atoms with Crippen LogP contribution in [0.4, 0.5) is 14.7 Å². The van der Waals surface area contributed by atoms with Crippen LogP contribution in [0.15, 0.2) is 18.2 Å². The second kappa shape index (κ2) is 3.34. The van der Waals surface area contributed by atoms with E-state index in [0.29, 0.717) is 11.0 Å². The van der Waals surface area contributed by atoms with Crippen molar-refractivity contribution in [3.8, 4) is 0 Å². The quantitative estimate of drug-likeness (QED) is 0.823. The largest absolute Gasteiger partial charge is 0.369 e. The van der Waals surface area contributed by atoms with Crippen LogP contribution < -0.4 is 5.73 Å². The van der Waals surface area contributed by atoms with E-state index in [2.05, 4.69) is 4.98 Å². The van der Waals surface area contributed by atoms with E-state index in [0.717, 1.165) is 8.14 Å². The first-order chi connectivity index (χ1) is 6.61. The minimum Gasteiger partial charge on any atom is -0.369 e. The van der Waals surface area contributed by atoms with Gasteiger partial charge in [-0.1, -0.05) is 6.07 Å². The van der Waals surface area contributed by atoms with Gasteiger partial charge in [0.25, 0.3) is 0 Å². The van der Waals surface area contributed by atoms with Crippen molar-refractivity contribution in [2.24, 2.45) is 0 Å². The summed E-state index contributed by atoms with van der Waals surface area (Å²) < 4.78 is 26.7. The zero-order valence-corrected chi connectivity index (χ0v) is 9.07. The molecular formula is C8H6F2IN3. The summed E-state index contributed by atoms with van der Waals surface area (Å²) in [6.07, 6.45) is 0. The average molecular weight is 309 g/mol. The summed E-state index contributed by atoms with van der Waals surface area (Å²) >= 11 is 2.04. The number of nitrogen functional groups attached to an aromatic ring is 1. The number of halogens is 3. The molecule has 6 heteroatoms. The Labute approximate surface area is 92.0 Å². The molecule has 14 heavy (non-hydrogen) atoms. The van der Waals surface area contributed by atoms with Gasteiger partial charge in [0, 0.05) is 3.57 Å². The first-order valence-corrected chi connectivity index (χ1v) is 4.89. The normalized spacial score (nSPS) is 11.4. The number of hydrogen-bond donors (Lipinski definition) is 1. The van der Waals surface area contributed by atoms with Crippen molar-refractivity contribution in [3.05, 3.63) is 21.8 Å². The maximum atomic E-state index is 12.6. The average Bonchev–Trinajstić information content (AvgIpc) is 2.42. The lowest BCUT2D eigenvalue weighted by Gasteiger charge is -2.03. The first-order valence-electron chi connectivity index (χ1n) is 3.81. The van der Waals surface area contributed by atoms with Gasteiger partial charge in [-0.2, -0.15) is 8.78 Å². The number of anilines is 1. The number of nitrogens with zero attached hydrogens (tertiary/aromatic N) is 2. The van der Waals surface area contributed by atoms with Crippen LogP contribution in [-0.4, -0.2) is 9.55 Å². The molecule has 2 N–H and O–H groups in total. The predicted octanol–water partition coefficient (Wildman–Crippen LogP) is 2.62. The Morgan fingerprint density at radius 1 is 1.43 bits per heavy atom. The Balaban J connectivity index is 2.83. The fourth-order valence-corrected chi connectivity index (χ4v) is 1.91. The Morgan fingerprint density at radius 2 is 2.14 bits per heavy atom. The van der Waals surface area contributed by atoms with Crippen molar-refractivity contribution < 1.29 is 8.78 Å². The van der Waals surface area contributed by atoms with Gasteiger partial charge < -0.3 is 5.73 Å². The van der Waals surface area contributed by atoms with Gasteiger partial charge in [-0.15, -0.1) is 0 Å². The van der Waals surface area contributed by atoms with Crippen molar-refractivity contribution in [2.45, 2.75) is 6.55 Å². The Bertz CT molecular complexity index is 481. The number of fused-ring (bicyclic) bond motifs is 1. The zero-order chi connectivity index (χ0) is 10.3. The van der Waals surface area contributed by atoms with Crippen LogP contribution >= 0.6 is 22.6 Å². The molecule has 0 aliphatic carbocycles. The van der Waals surface area contributed by atoms with E-state index in [1.165, 1.54) is 0 Å². The monoisotopic (exact) mass is 309 g/mol. The van der Waals surface area contributed by atoms with Crippen LogP contribution in [-0.2, 0) is 0 Å². The third-order valence-corrected chi connectivity index (χ3v) is 2.76. The Kier molecular flexibility index (Phi) is 2.30. The Morgan fingerprint density at radius 3 is 2.79 bits per heavy atom. The van der Waals surface area contributed by atoms with Gasteiger partial charge >= 0.3 is 6.55 Å². The van der Waals surface area contributed by atoms with E-state index in [-0.39, 0.29) is 5.95 Å². The highest BCUT2D eigenvalue weighted by atomic mass is 127. The highest BCUT2D eigenvalue weighted by molar-refractivity contribution is 14.1. The molecule has 2 rings (SSSR count). The van der Waals surface area contributed by atoms with Gasteiger partial charge in [0.15, 0.2) is 0 Å². The molecule has 0 unspecified atom stereocenters. The summed E-state index contributed by atoms with van der Waals surface area (Å²) in [5, 5.41) is 0. The van der Waals surface area contributed by atoms with Gasteiger partial charge in [0.1, 0.15) is 5.52 Å². The number of imidazole rings is 1. The molecule has 0 fully saturated rings. The zero-order valence-electron chi connectivity index (χ0n) is 6.92. The number of hydrogen-bond acceptors (Lipinski definition) is 2. The molecule has 2 aromatic rings. The third-order valence-electron chi connectivity index (χ3n) is 1.89. The molecule has 0 bridgehead atoms. The SMILES string of the molecule is Nc1nc2c(I)cccc2n1C(F)F. The van der Waals surface area contributed by atoms with Gasteiger partial charge in [-0.25, -0.2) is 4.98 Å². The van der Waals surface area contributed by atoms with E-state index in [9.17, 15) is 8.78 Å². The van der Waals surface area contributed by atoms with Crippen molar-refractivity contribution >= 4 is 39.6 Å². The lowest BCUT2D eigenvalue weighted by molar-refractivity contribution is 0.0770. The molecule has 0 aliphatic heterocycles. The van der Waals surface area contributed by atoms with Crippen molar-refractivity contribution in [2.75, 3.05) is 5.73 Å². The molecule has 74 valence electrons. The minimum atomic E-state index is -2.65. The van der Waals surface area contributed by atoms with Gasteiger partial charge in [0.2, 0.25) is 5.95 Å². The second-order valence-electron chi connectivity index (χ2n) is 2.73. The maximum absolute atomic E-state index is 12.6. The van der Waals surface area contributed by atoms with Gasteiger partial charge in [-0.3, -0.25) is 4.57 Å². The lowest BCUT2D eigenvalue weighted by Crippen LogP contribution is -2.03. The molecule has 3 nitrogen and oxygen atoms in total. The predicted molar refractivity (Wildman–Crippen MR) is 58.1 cm³/mol. The van der Waals surface area contributed by atoms with E-state index in [4.69, 9.17) is 5.73 Å². The van der Waals surface area contributed by atoms with Crippen molar-refractivity contribution in [1.29, 1.82) is 0 Å². The van der Waals surface area contributed by atoms with Crippen LogP contribution in [0.2, 0.25) is 0 Å². The number of para-hydroxylation sites is 1. The fraction of sp³-hybridized carbons (Fsp3) is 0.125. The summed E-state index contributed by atoms with van der Waals surface area (Å²) in [6, 6.07) is 5.07. The van der Waals surface area contributed by atoms with Crippen LogP contribution in [0.5, 0.6) is 0 Å². The number of aromatic nitrogens is 2. The van der Waals surface area contributed by atoms with E-state index in [1.807, 2.05) is 22.6 Å². The highest BCUT2D eigenvalue weighted by Gasteiger charge is 2.16. The van der Waals surface area contributed by atoms with Gasteiger partial charge in [0.05, 0.1) is 5.52 Å². The second-order valence-corrected chi connectivity index (χ2v) is 3.89. The molecule has 0 amide bonds. The van der Waals surface area contributed by atoms with Crippen molar-refractivity contribution in [1.82, 2.24) is 9.55 Å². The smallest absolute Gasteiger partial charge is 0.321 e. The summed E-state index contributed by atoms with van der Waals surface area (Å²) in [6.45, 7) is -2.65. The molecule has 1 aromatic carbocycles. The minimum absolute atomic E-state index is 0.154. The first kappa shape index (κ1) is 9.63.